The summed E-state index contributed by atoms with van der Waals surface area (Å²) in [6.45, 7) is 5.49. The highest BCUT2D eigenvalue weighted by Gasteiger charge is 2.12. The molecule has 0 aliphatic carbocycles. The van der Waals surface area contributed by atoms with E-state index in [9.17, 15) is 4.79 Å². The van der Waals surface area contributed by atoms with Gasteiger partial charge in [-0.25, -0.2) is 0 Å². The highest BCUT2D eigenvalue weighted by molar-refractivity contribution is 5.84. The van der Waals surface area contributed by atoms with Crippen molar-refractivity contribution in [2.24, 2.45) is 0 Å². The van der Waals surface area contributed by atoms with Crippen LogP contribution in [0.2, 0.25) is 0 Å². The van der Waals surface area contributed by atoms with Crippen LogP contribution in [-0.2, 0) is 4.74 Å². The van der Waals surface area contributed by atoms with Crippen molar-refractivity contribution in [3.63, 3.8) is 0 Å². The Hall–Kier alpha value is -1.38. The number of carbonyl (C=O) groups excluding carboxylic acids is 1. The second-order valence-electron chi connectivity index (χ2n) is 3.80. The molecule has 0 aliphatic heterocycles. The third kappa shape index (κ3) is 3.69. The number of amides is 1. The Morgan fingerprint density at radius 1 is 1.31 bits per heavy atom. The highest BCUT2D eigenvalue weighted by Crippen LogP contribution is 2.11. The molecule has 1 amide bonds. The quantitative estimate of drug-likeness (QED) is 0.675. The Morgan fingerprint density at radius 3 is 2.31 bits per heavy atom. The topological polar surface area (TPSA) is 38.3 Å². The molecule has 13 heavy (non-hydrogen) atoms. The van der Waals surface area contributed by atoms with Gasteiger partial charge in [-0.1, -0.05) is 0 Å². The third-order valence-corrected chi connectivity index (χ3v) is 1.31. The first-order valence-corrected chi connectivity index (χ1v) is 4.19. The second-order valence-corrected chi connectivity index (χ2v) is 3.80. The van der Waals surface area contributed by atoms with E-state index in [0.29, 0.717) is 0 Å². The Labute approximate surface area is 78.1 Å². The van der Waals surface area contributed by atoms with Crippen molar-refractivity contribution >= 4 is 11.8 Å². The fourth-order valence-corrected chi connectivity index (χ4v) is 0.879. The van der Waals surface area contributed by atoms with Crippen LogP contribution in [0.4, 0.5) is 10.5 Å². The first kappa shape index (κ1) is 9.71. The first-order chi connectivity index (χ1) is 5.97. The molecule has 0 aromatic heterocycles. The average Bonchev–Trinajstić information content (AvgIpc) is 2.34. The van der Waals surface area contributed by atoms with Crippen LogP contribution >= 0.6 is 0 Å². The average molecular weight is 180 g/mol. The summed E-state index contributed by atoms with van der Waals surface area (Å²) in [7, 11) is 0. The number of ether oxygens (including phenoxy) is 1. The van der Waals surface area contributed by atoms with Gasteiger partial charge in [0, 0.05) is 0 Å². The highest BCUT2D eigenvalue weighted by atomic mass is 16.6. The number of hydrogen-bond acceptors (Lipinski definition) is 2. The summed E-state index contributed by atoms with van der Waals surface area (Å²) >= 11 is 0. The van der Waals surface area contributed by atoms with Crippen LogP contribution < -0.4 is 5.32 Å². The summed E-state index contributed by atoms with van der Waals surface area (Å²) in [6.07, 6.45) is -0.418. The van der Waals surface area contributed by atoms with E-state index in [1.54, 1.807) is 0 Å². The zero-order valence-electron chi connectivity index (χ0n) is 8.13. The molecule has 0 spiro atoms. The van der Waals surface area contributed by atoms with Gasteiger partial charge < -0.3 is 10.1 Å². The minimum Gasteiger partial charge on any atom is -0.487 e. The van der Waals surface area contributed by atoms with Gasteiger partial charge in [0.2, 0.25) is 0 Å². The van der Waals surface area contributed by atoms with Gasteiger partial charge in [-0.05, 0) is 26.5 Å². The van der Waals surface area contributed by atoms with Gasteiger partial charge in [-0.15, -0.1) is 12.1 Å². The number of carbonyl (C=O) groups is 1. The van der Waals surface area contributed by atoms with E-state index < -0.39 is 11.7 Å². The summed E-state index contributed by atoms with van der Waals surface area (Å²) in [5.41, 5.74) is 0.311. The zero-order valence-corrected chi connectivity index (χ0v) is 8.13. The molecule has 1 rings (SSSR count). The van der Waals surface area contributed by atoms with Gasteiger partial charge in [0.1, 0.15) is 0 Å². The molecule has 0 radical (unpaired) electrons. The van der Waals surface area contributed by atoms with Crippen molar-refractivity contribution in [2.45, 2.75) is 26.4 Å². The molecule has 0 saturated carbocycles. The molecule has 1 aromatic rings. The van der Waals surface area contributed by atoms with Crippen molar-refractivity contribution in [3.05, 3.63) is 24.3 Å². The molecule has 72 valence electrons. The van der Waals surface area contributed by atoms with Crippen molar-refractivity contribution < 1.29 is 9.53 Å². The fourth-order valence-electron chi connectivity index (χ4n) is 0.879. The van der Waals surface area contributed by atoms with E-state index in [-0.39, 0.29) is 0 Å². The second kappa shape index (κ2) is 3.56. The maximum absolute atomic E-state index is 11.2. The molecule has 0 fully saturated rings. The third-order valence-electron chi connectivity index (χ3n) is 1.31. The molecule has 0 saturated heterocycles. The van der Waals surface area contributed by atoms with Gasteiger partial charge >= 0.3 is 6.09 Å². The number of anilines is 1. The van der Waals surface area contributed by atoms with Crippen LogP contribution in [0.15, 0.2) is 24.3 Å². The molecule has 1 N–H and O–H groups in total. The summed E-state index contributed by atoms with van der Waals surface area (Å²) < 4.78 is 5.06. The molecule has 0 bridgehead atoms. The monoisotopic (exact) mass is 180 g/mol. The number of rotatable bonds is 1. The van der Waals surface area contributed by atoms with Crippen LogP contribution in [0.3, 0.4) is 0 Å². The molecule has 0 unspecified atom stereocenters. The Morgan fingerprint density at radius 2 is 1.85 bits per heavy atom. The summed E-state index contributed by atoms with van der Waals surface area (Å²) in [4.78, 5) is 11.2. The lowest BCUT2D eigenvalue weighted by molar-refractivity contribution is 0.0636. The van der Waals surface area contributed by atoms with E-state index >= 15 is 0 Å². The van der Waals surface area contributed by atoms with Crippen LogP contribution in [0.25, 0.3) is 0 Å². The lowest BCUT2D eigenvalue weighted by atomic mass is 10.2. The van der Waals surface area contributed by atoms with Gasteiger partial charge in [0.15, 0.2) is 0 Å². The minimum absolute atomic E-state index is 0.418. The fraction of sp³-hybridized carbons (Fsp3) is 0.400. The number of nitrogens with one attached hydrogen (secondary N) is 1. The molecular formula is C10H14NO2-. The first-order valence-electron chi connectivity index (χ1n) is 4.19. The van der Waals surface area contributed by atoms with Gasteiger partial charge in [-0.2, -0.15) is 12.1 Å². The molecule has 1 aromatic carbocycles. The molecule has 0 aliphatic rings. The molecule has 3 nitrogen and oxygen atoms in total. The lowest BCUT2D eigenvalue weighted by Gasteiger charge is -2.22. The van der Waals surface area contributed by atoms with Crippen molar-refractivity contribution in [2.75, 3.05) is 5.32 Å². The van der Waals surface area contributed by atoms with E-state index in [1.165, 1.54) is 0 Å². The van der Waals surface area contributed by atoms with Gasteiger partial charge in [0.25, 0.3) is 0 Å². The normalized spacial score (nSPS) is 11.0. The Kier molecular flexibility index (Phi) is 2.66. The maximum atomic E-state index is 11.2. The van der Waals surface area contributed by atoms with Crippen molar-refractivity contribution in [1.29, 1.82) is 0 Å². The van der Waals surface area contributed by atoms with Crippen LogP contribution in [0.1, 0.15) is 20.8 Å². The summed E-state index contributed by atoms with van der Waals surface area (Å²) in [5.74, 6) is 0. The SMILES string of the molecule is CC(C)(C)OC(=O)N[c-]1cccc1. The zero-order chi connectivity index (χ0) is 9.90. The Bertz CT molecular complexity index is 270. The van der Waals surface area contributed by atoms with Crippen LogP contribution in [0, 0.1) is 0 Å². The van der Waals surface area contributed by atoms with E-state index in [0.717, 1.165) is 5.69 Å². The van der Waals surface area contributed by atoms with E-state index in [2.05, 4.69) is 5.32 Å². The smallest absolute Gasteiger partial charge is 0.333 e. The molecule has 0 heterocycles. The lowest BCUT2D eigenvalue weighted by Crippen LogP contribution is -2.27. The predicted octanol–water partition coefficient (Wildman–Crippen LogP) is 2.75. The standard InChI is InChI=1S/C10H14NO2/c1-10(2,3)13-9(12)11-8-6-4-5-7-8/h4-7H,1-3H3,(H,11,12)/q-1. The van der Waals surface area contributed by atoms with Crippen molar-refractivity contribution in [1.82, 2.24) is 0 Å². The predicted molar refractivity (Wildman–Crippen MR) is 51.9 cm³/mol. The molecule has 3 heteroatoms. The molecule has 0 atom stereocenters. The van der Waals surface area contributed by atoms with Crippen LogP contribution in [-0.4, -0.2) is 11.7 Å². The largest absolute Gasteiger partial charge is 0.487 e. The Balaban J connectivity index is 2.43. The van der Waals surface area contributed by atoms with Crippen molar-refractivity contribution in [3.8, 4) is 0 Å². The van der Waals surface area contributed by atoms with Gasteiger partial charge in [0.05, 0.1) is 5.60 Å². The van der Waals surface area contributed by atoms with Gasteiger partial charge in [-0.3, -0.25) is 4.79 Å². The van der Waals surface area contributed by atoms with Crippen LogP contribution in [0.5, 0.6) is 0 Å². The maximum Gasteiger partial charge on any atom is 0.333 e. The summed E-state index contributed by atoms with van der Waals surface area (Å²) in [5, 5.41) is 2.62. The summed E-state index contributed by atoms with van der Waals surface area (Å²) in [6, 6.07) is 7.33. The van der Waals surface area contributed by atoms with E-state index in [4.69, 9.17) is 4.74 Å². The molecular weight excluding hydrogens is 166 g/mol. The minimum atomic E-state index is -0.448. The number of hydrogen-bond donors (Lipinski definition) is 1. The van der Waals surface area contributed by atoms with E-state index in [1.807, 2.05) is 45.0 Å².